The van der Waals surface area contributed by atoms with Crippen LogP contribution in [0.3, 0.4) is 0 Å². The number of rotatable bonds is 6. The molecule has 8 nitrogen and oxygen atoms in total. The Bertz CT molecular complexity index is 997. The fourth-order valence-corrected chi connectivity index (χ4v) is 3.39. The number of ether oxygens (including phenoxy) is 1. The summed E-state index contributed by atoms with van der Waals surface area (Å²) in [7, 11) is 3.18. The number of carbonyl (C=O) groups is 1. The highest BCUT2D eigenvalue weighted by molar-refractivity contribution is 7.13. The van der Waals surface area contributed by atoms with Gasteiger partial charge in [-0.25, -0.2) is 14.3 Å². The molecule has 0 bridgehead atoms. The third-order valence-electron chi connectivity index (χ3n) is 3.80. The van der Waals surface area contributed by atoms with Gasteiger partial charge in [-0.15, -0.1) is 16.4 Å². The molecule has 0 radical (unpaired) electrons. The number of methoxy groups -OCH3 is 1. The topological polar surface area (TPSA) is 90.2 Å². The highest BCUT2D eigenvalue weighted by Gasteiger charge is 2.13. The molecule has 2 heterocycles. The Kier molecular flexibility index (Phi) is 5.82. The number of halogens is 1. The number of nitrogens with zero attached hydrogens (tertiary/aromatic N) is 3. The van der Waals surface area contributed by atoms with Gasteiger partial charge in [0.2, 0.25) is 0 Å². The van der Waals surface area contributed by atoms with Crippen LogP contribution in [0.5, 0.6) is 5.75 Å². The zero-order valence-corrected chi connectivity index (χ0v) is 16.3. The van der Waals surface area contributed by atoms with Gasteiger partial charge in [0, 0.05) is 18.6 Å². The number of amides is 2. The molecule has 0 atom stereocenters. The van der Waals surface area contributed by atoms with E-state index in [0.717, 1.165) is 4.88 Å². The molecular formula is C17H18ClN5O3S. The van der Waals surface area contributed by atoms with Gasteiger partial charge in [0.05, 0.1) is 24.2 Å². The first-order valence-corrected chi connectivity index (χ1v) is 9.31. The van der Waals surface area contributed by atoms with Gasteiger partial charge in [-0.3, -0.25) is 4.57 Å². The Morgan fingerprint density at radius 3 is 2.89 bits per heavy atom. The Hall–Kier alpha value is -2.78. The monoisotopic (exact) mass is 407 g/mol. The van der Waals surface area contributed by atoms with E-state index in [9.17, 15) is 9.59 Å². The number of thiophene rings is 1. The van der Waals surface area contributed by atoms with Crippen molar-refractivity contribution in [3.63, 3.8) is 0 Å². The summed E-state index contributed by atoms with van der Waals surface area (Å²) >= 11 is 7.45. The third kappa shape index (κ3) is 4.32. The van der Waals surface area contributed by atoms with Crippen molar-refractivity contribution in [2.24, 2.45) is 7.05 Å². The number of aromatic nitrogens is 3. The van der Waals surface area contributed by atoms with Gasteiger partial charge < -0.3 is 15.4 Å². The number of nitrogens with one attached hydrogen (secondary N) is 2. The molecule has 2 amide bonds. The Labute approximate surface area is 164 Å². The first-order chi connectivity index (χ1) is 13.0. The van der Waals surface area contributed by atoms with Crippen molar-refractivity contribution < 1.29 is 9.53 Å². The number of urea groups is 1. The zero-order chi connectivity index (χ0) is 19.4. The lowest BCUT2D eigenvalue weighted by Crippen LogP contribution is -2.34. The van der Waals surface area contributed by atoms with Crippen molar-refractivity contribution in [3.05, 3.63) is 51.2 Å². The van der Waals surface area contributed by atoms with Crippen molar-refractivity contribution >= 4 is 34.7 Å². The molecule has 142 valence electrons. The normalized spacial score (nSPS) is 10.6. The van der Waals surface area contributed by atoms with Gasteiger partial charge in [0.25, 0.3) is 0 Å². The van der Waals surface area contributed by atoms with Crippen LogP contribution in [0, 0.1) is 0 Å². The second-order valence-corrected chi connectivity index (χ2v) is 6.98. The largest absolute Gasteiger partial charge is 0.495 e. The van der Waals surface area contributed by atoms with Gasteiger partial charge in [-0.1, -0.05) is 17.7 Å². The fourth-order valence-electron chi connectivity index (χ4n) is 2.47. The van der Waals surface area contributed by atoms with E-state index in [0.29, 0.717) is 22.3 Å². The average Bonchev–Trinajstić information content (AvgIpc) is 3.26. The Balaban J connectivity index is 1.60. The van der Waals surface area contributed by atoms with E-state index in [-0.39, 0.29) is 18.8 Å². The van der Waals surface area contributed by atoms with Crippen molar-refractivity contribution in [2.45, 2.75) is 6.54 Å². The maximum atomic E-state index is 12.3. The van der Waals surface area contributed by atoms with E-state index >= 15 is 0 Å². The SMILES string of the molecule is COc1ccc(Cl)cc1NC(=O)NCCn1nc(-c2cccs2)n(C)c1=O. The van der Waals surface area contributed by atoms with Crippen molar-refractivity contribution in [1.82, 2.24) is 19.7 Å². The van der Waals surface area contributed by atoms with Gasteiger partial charge in [-0.05, 0) is 29.6 Å². The molecule has 0 saturated heterocycles. The highest BCUT2D eigenvalue weighted by Crippen LogP contribution is 2.27. The van der Waals surface area contributed by atoms with Crippen LogP contribution in [-0.2, 0) is 13.6 Å². The second kappa shape index (κ2) is 8.28. The molecule has 2 N–H and O–H groups in total. The predicted octanol–water partition coefficient (Wildman–Crippen LogP) is 2.79. The standard InChI is InChI=1S/C17H18ClN5O3S/c1-22-15(14-4-3-9-27-14)21-23(17(22)25)8-7-19-16(24)20-12-10-11(18)5-6-13(12)26-2/h3-6,9-10H,7-8H2,1-2H3,(H2,19,20,24). The lowest BCUT2D eigenvalue weighted by atomic mass is 10.3. The smallest absolute Gasteiger partial charge is 0.346 e. The molecule has 0 fully saturated rings. The molecule has 0 unspecified atom stereocenters. The summed E-state index contributed by atoms with van der Waals surface area (Å²) in [6.45, 7) is 0.480. The van der Waals surface area contributed by atoms with Crippen molar-refractivity contribution in [1.29, 1.82) is 0 Å². The van der Waals surface area contributed by atoms with Crippen LogP contribution in [0.25, 0.3) is 10.7 Å². The van der Waals surface area contributed by atoms with Crippen LogP contribution < -0.4 is 21.1 Å². The summed E-state index contributed by atoms with van der Waals surface area (Å²) in [5.74, 6) is 1.10. The van der Waals surface area contributed by atoms with E-state index < -0.39 is 6.03 Å². The quantitative estimate of drug-likeness (QED) is 0.657. The van der Waals surface area contributed by atoms with Gasteiger partial charge in [-0.2, -0.15) is 0 Å². The zero-order valence-electron chi connectivity index (χ0n) is 14.7. The summed E-state index contributed by atoms with van der Waals surface area (Å²) in [4.78, 5) is 25.3. The van der Waals surface area contributed by atoms with Gasteiger partial charge in [0.15, 0.2) is 5.82 Å². The minimum atomic E-state index is -0.432. The first kappa shape index (κ1) is 19.0. The van der Waals surface area contributed by atoms with Crippen molar-refractivity contribution in [2.75, 3.05) is 19.0 Å². The molecule has 0 saturated carbocycles. The predicted molar refractivity (Wildman–Crippen MR) is 106 cm³/mol. The first-order valence-electron chi connectivity index (χ1n) is 8.05. The van der Waals surface area contributed by atoms with E-state index in [4.69, 9.17) is 16.3 Å². The summed E-state index contributed by atoms with van der Waals surface area (Å²) < 4.78 is 8.00. The lowest BCUT2D eigenvalue weighted by molar-refractivity contribution is 0.251. The van der Waals surface area contributed by atoms with Crippen LogP contribution >= 0.6 is 22.9 Å². The number of benzene rings is 1. The molecule has 3 rings (SSSR count). The molecule has 0 aliphatic carbocycles. The second-order valence-electron chi connectivity index (χ2n) is 5.59. The van der Waals surface area contributed by atoms with Crippen LogP contribution in [0.15, 0.2) is 40.5 Å². The van der Waals surface area contributed by atoms with Crippen LogP contribution in [0.4, 0.5) is 10.5 Å². The average molecular weight is 408 g/mol. The van der Waals surface area contributed by atoms with Crippen molar-refractivity contribution in [3.8, 4) is 16.5 Å². The summed E-state index contributed by atoms with van der Waals surface area (Å²) in [5.41, 5.74) is 0.217. The van der Waals surface area contributed by atoms with Crippen LogP contribution in [0.2, 0.25) is 5.02 Å². The van der Waals surface area contributed by atoms with E-state index in [2.05, 4.69) is 15.7 Å². The molecule has 2 aromatic heterocycles. The molecule has 1 aromatic carbocycles. The van der Waals surface area contributed by atoms with E-state index in [1.807, 2.05) is 17.5 Å². The molecule has 0 aliphatic heterocycles. The number of hydrogen-bond acceptors (Lipinski definition) is 5. The third-order valence-corrected chi connectivity index (χ3v) is 4.90. The molecule has 3 aromatic rings. The maximum absolute atomic E-state index is 12.3. The highest BCUT2D eigenvalue weighted by atomic mass is 35.5. The Morgan fingerprint density at radius 1 is 1.37 bits per heavy atom. The Morgan fingerprint density at radius 2 is 2.19 bits per heavy atom. The number of hydrogen-bond donors (Lipinski definition) is 2. The fraction of sp³-hybridized carbons (Fsp3) is 0.235. The maximum Gasteiger partial charge on any atom is 0.346 e. The van der Waals surface area contributed by atoms with Crippen LogP contribution in [-0.4, -0.2) is 34.0 Å². The lowest BCUT2D eigenvalue weighted by Gasteiger charge is -2.11. The van der Waals surface area contributed by atoms with E-state index in [1.54, 1.807) is 25.2 Å². The molecule has 27 heavy (non-hydrogen) atoms. The molecule has 10 heteroatoms. The number of carbonyl (C=O) groups excluding carboxylic acids is 1. The summed E-state index contributed by atoms with van der Waals surface area (Å²) in [5, 5.41) is 12.1. The summed E-state index contributed by atoms with van der Waals surface area (Å²) in [6.07, 6.45) is 0. The number of anilines is 1. The molecule has 0 spiro atoms. The minimum absolute atomic E-state index is 0.232. The molecule has 0 aliphatic rings. The van der Waals surface area contributed by atoms with Gasteiger partial charge >= 0.3 is 11.7 Å². The van der Waals surface area contributed by atoms with Crippen LogP contribution in [0.1, 0.15) is 0 Å². The van der Waals surface area contributed by atoms with E-state index in [1.165, 1.54) is 27.7 Å². The van der Waals surface area contributed by atoms with Gasteiger partial charge in [0.1, 0.15) is 5.75 Å². The summed E-state index contributed by atoms with van der Waals surface area (Å²) in [6, 6.07) is 8.30. The molecular weight excluding hydrogens is 390 g/mol. The minimum Gasteiger partial charge on any atom is -0.495 e.